The number of H-pyrrole nitrogens is 1. The Morgan fingerprint density at radius 1 is 0.732 bits per heavy atom. The van der Waals surface area contributed by atoms with Gasteiger partial charge in [0.15, 0.2) is 11.5 Å². The number of ether oxygens (including phenoxy) is 3. The van der Waals surface area contributed by atoms with E-state index in [-0.39, 0.29) is 5.56 Å². The Morgan fingerprint density at radius 2 is 1.41 bits per heavy atom. The number of fused-ring (bicyclic) bond motifs is 1. The molecule has 0 radical (unpaired) electrons. The first-order valence-electron chi connectivity index (χ1n) is 13.3. The summed E-state index contributed by atoms with van der Waals surface area (Å²) in [6.45, 7) is 2.27. The van der Waals surface area contributed by atoms with Crippen LogP contribution >= 0.6 is 0 Å². The van der Waals surface area contributed by atoms with Crippen LogP contribution in [0, 0.1) is 6.92 Å². The van der Waals surface area contributed by atoms with Crippen LogP contribution < -0.4 is 19.8 Å². The van der Waals surface area contributed by atoms with E-state index in [0.717, 1.165) is 39.4 Å². The maximum atomic E-state index is 14.0. The number of aromatic nitrogens is 3. The summed E-state index contributed by atoms with van der Waals surface area (Å²) in [6, 6.07) is 33.1. The van der Waals surface area contributed by atoms with Crippen LogP contribution in [0.15, 0.2) is 108 Å². The highest BCUT2D eigenvalue weighted by molar-refractivity contribution is 5.91. The van der Waals surface area contributed by atoms with Crippen molar-refractivity contribution in [1.29, 1.82) is 0 Å². The number of aromatic amines is 1. The second-order valence-electron chi connectivity index (χ2n) is 9.65. The monoisotopic (exact) mass is 543 g/mol. The molecule has 4 aromatic carbocycles. The Labute approximate surface area is 237 Å². The van der Waals surface area contributed by atoms with Crippen molar-refractivity contribution in [3.8, 4) is 50.8 Å². The lowest BCUT2D eigenvalue weighted by Crippen LogP contribution is -2.19. The Morgan fingerprint density at radius 3 is 2.07 bits per heavy atom. The van der Waals surface area contributed by atoms with Crippen molar-refractivity contribution in [1.82, 2.24) is 14.6 Å². The van der Waals surface area contributed by atoms with Crippen LogP contribution in [-0.2, 0) is 6.61 Å². The third-order valence-corrected chi connectivity index (χ3v) is 7.09. The van der Waals surface area contributed by atoms with Crippen LogP contribution in [0.5, 0.6) is 17.2 Å². The number of aryl methyl sites for hydroxylation is 1. The number of hydrogen-bond acceptors (Lipinski definition) is 5. The molecule has 0 aliphatic carbocycles. The first kappa shape index (κ1) is 26.0. The molecule has 6 aromatic rings. The third-order valence-electron chi connectivity index (χ3n) is 7.09. The van der Waals surface area contributed by atoms with Crippen molar-refractivity contribution in [2.24, 2.45) is 0 Å². The first-order valence-corrected chi connectivity index (χ1v) is 13.3. The first-order chi connectivity index (χ1) is 20.1. The molecule has 204 valence electrons. The van der Waals surface area contributed by atoms with E-state index in [1.165, 1.54) is 4.52 Å². The van der Waals surface area contributed by atoms with E-state index >= 15 is 0 Å². The smallest absolute Gasteiger partial charge is 0.282 e. The van der Waals surface area contributed by atoms with Gasteiger partial charge in [-0.05, 0) is 47.9 Å². The SMILES string of the molecule is COc1ccc(COc2ccc(-c3c(C)[nH]c4c(-c5ccccc5)c(-c5ccccc5)nn4c3=O)cc2OC)cc1. The fourth-order valence-corrected chi connectivity index (χ4v) is 5.03. The molecule has 2 heterocycles. The zero-order chi connectivity index (χ0) is 28.3. The summed E-state index contributed by atoms with van der Waals surface area (Å²) in [5.74, 6) is 1.90. The highest BCUT2D eigenvalue weighted by atomic mass is 16.5. The van der Waals surface area contributed by atoms with Crippen LogP contribution in [0.1, 0.15) is 11.3 Å². The molecule has 0 atom stereocenters. The molecule has 0 spiro atoms. The van der Waals surface area contributed by atoms with Crippen molar-refractivity contribution in [2.45, 2.75) is 13.5 Å². The molecule has 0 saturated heterocycles. The van der Waals surface area contributed by atoms with Crippen molar-refractivity contribution >= 4 is 5.65 Å². The van der Waals surface area contributed by atoms with E-state index in [1.54, 1.807) is 14.2 Å². The normalized spacial score (nSPS) is 11.0. The van der Waals surface area contributed by atoms with Gasteiger partial charge < -0.3 is 19.2 Å². The number of nitrogens with one attached hydrogen (secondary N) is 1. The summed E-state index contributed by atoms with van der Waals surface area (Å²) in [6.07, 6.45) is 0. The molecule has 0 saturated carbocycles. The number of nitrogens with zero attached hydrogens (tertiary/aromatic N) is 2. The Balaban J connectivity index is 1.42. The standard InChI is InChI=1S/C34H29N3O4/c1-22-30(26-16-19-28(29(20-26)40-3)41-21-23-14-17-27(39-2)18-15-23)34(38)37-33(35-22)31(24-10-6-4-7-11-24)32(36-37)25-12-8-5-9-13-25/h4-20,35H,21H2,1-3H3. The van der Waals surface area contributed by atoms with E-state index < -0.39 is 0 Å². The minimum absolute atomic E-state index is 0.218. The van der Waals surface area contributed by atoms with Gasteiger partial charge in [0, 0.05) is 11.3 Å². The fraction of sp³-hybridized carbons (Fsp3) is 0.118. The number of benzene rings is 4. The lowest BCUT2D eigenvalue weighted by Gasteiger charge is -2.14. The van der Waals surface area contributed by atoms with Gasteiger partial charge in [-0.2, -0.15) is 9.61 Å². The lowest BCUT2D eigenvalue weighted by atomic mass is 10.0. The minimum atomic E-state index is -0.218. The Hall–Kier alpha value is -5.30. The Bertz CT molecular complexity index is 1880. The zero-order valence-electron chi connectivity index (χ0n) is 23.0. The summed E-state index contributed by atoms with van der Waals surface area (Å²) in [5.41, 5.74) is 6.90. The van der Waals surface area contributed by atoms with E-state index in [1.807, 2.05) is 110 Å². The summed E-state index contributed by atoms with van der Waals surface area (Å²) >= 11 is 0. The van der Waals surface area contributed by atoms with Crippen molar-refractivity contribution in [3.63, 3.8) is 0 Å². The molecule has 0 amide bonds. The van der Waals surface area contributed by atoms with Gasteiger partial charge in [-0.3, -0.25) is 4.79 Å². The molecule has 0 bridgehead atoms. The van der Waals surface area contributed by atoms with Crippen LogP contribution in [0.25, 0.3) is 39.2 Å². The van der Waals surface area contributed by atoms with E-state index in [2.05, 4.69) is 4.98 Å². The number of hydrogen-bond donors (Lipinski definition) is 1. The topological polar surface area (TPSA) is 77.9 Å². The molecule has 7 heteroatoms. The fourth-order valence-electron chi connectivity index (χ4n) is 5.03. The molecular formula is C34H29N3O4. The Kier molecular flexibility index (Phi) is 7.00. The average molecular weight is 544 g/mol. The molecule has 1 N–H and O–H groups in total. The second kappa shape index (κ2) is 11.1. The van der Waals surface area contributed by atoms with Gasteiger partial charge in [0.1, 0.15) is 23.7 Å². The molecule has 2 aromatic heterocycles. The summed E-state index contributed by atoms with van der Waals surface area (Å²) in [5, 5.41) is 4.83. The second-order valence-corrected chi connectivity index (χ2v) is 9.65. The molecule has 0 unspecified atom stereocenters. The van der Waals surface area contributed by atoms with E-state index in [9.17, 15) is 4.79 Å². The number of rotatable bonds is 8. The van der Waals surface area contributed by atoms with Crippen LogP contribution in [0.4, 0.5) is 0 Å². The summed E-state index contributed by atoms with van der Waals surface area (Å²) in [4.78, 5) is 17.5. The molecule has 6 rings (SSSR count). The predicted octanol–water partition coefficient (Wildman–Crippen LogP) is 6.93. The van der Waals surface area contributed by atoms with Crippen molar-refractivity contribution in [2.75, 3.05) is 14.2 Å². The average Bonchev–Trinajstić information content (AvgIpc) is 3.41. The molecule has 0 aliphatic heterocycles. The largest absolute Gasteiger partial charge is 0.497 e. The maximum Gasteiger partial charge on any atom is 0.282 e. The predicted molar refractivity (Wildman–Crippen MR) is 161 cm³/mol. The van der Waals surface area contributed by atoms with E-state index in [4.69, 9.17) is 19.3 Å². The van der Waals surface area contributed by atoms with Crippen molar-refractivity contribution in [3.05, 3.63) is 125 Å². The zero-order valence-corrected chi connectivity index (χ0v) is 23.0. The minimum Gasteiger partial charge on any atom is -0.497 e. The molecule has 7 nitrogen and oxygen atoms in total. The highest BCUT2D eigenvalue weighted by Gasteiger charge is 2.22. The van der Waals surface area contributed by atoms with Crippen LogP contribution in [-0.4, -0.2) is 28.8 Å². The molecule has 0 fully saturated rings. The quantitative estimate of drug-likeness (QED) is 0.225. The third kappa shape index (κ3) is 4.94. The van der Waals surface area contributed by atoms with Gasteiger partial charge in [-0.25, -0.2) is 0 Å². The van der Waals surface area contributed by atoms with Crippen LogP contribution in [0.3, 0.4) is 0 Å². The molecular weight excluding hydrogens is 514 g/mol. The highest BCUT2D eigenvalue weighted by Crippen LogP contribution is 2.36. The molecule has 41 heavy (non-hydrogen) atoms. The maximum absolute atomic E-state index is 14.0. The van der Waals surface area contributed by atoms with Gasteiger partial charge in [0.05, 0.1) is 25.3 Å². The van der Waals surface area contributed by atoms with Gasteiger partial charge >= 0.3 is 0 Å². The molecule has 0 aliphatic rings. The van der Waals surface area contributed by atoms with E-state index in [0.29, 0.717) is 34.9 Å². The summed E-state index contributed by atoms with van der Waals surface area (Å²) in [7, 11) is 3.23. The van der Waals surface area contributed by atoms with Gasteiger partial charge in [-0.15, -0.1) is 0 Å². The lowest BCUT2D eigenvalue weighted by molar-refractivity contribution is 0.284. The van der Waals surface area contributed by atoms with Gasteiger partial charge in [-0.1, -0.05) is 78.9 Å². The van der Waals surface area contributed by atoms with Gasteiger partial charge in [0.25, 0.3) is 5.56 Å². The van der Waals surface area contributed by atoms with Gasteiger partial charge in [0.2, 0.25) is 0 Å². The van der Waals surface area contributed by atoms with Crippen LogP contribution in [0.2, 0.25) is 0 Å². The summed E-state index contributed by atoms with van der Waals surface area (Å²) < 4.78 is 18.4. The van der Waals surface area contributed by atoms with Crippen molar-refractivity contribution < 1.29 is 14.2 Å². The number of methoxy groups -OCH3 is 2.